The molecule has 0 atom stereocenters. The molecule has 0 spiro atoms. The first-order valence-corrected chi connectivity index (χ1v) is 5.29. The molecular weight excluding hydrogens is 235 g/mol. The molecule has 0 saturated carbocycles. The Morgan fingerprint density at radius 2 is 2.07 bits per heavy atom. The monoisotopic (exact) mass is 247 g/mol. The maximum atomic E-state index is 11.5. The predicted molar refractivity (Wildman–Crippen MR) is 62.8 cm³/mol. The van der Waals surface area contributed by atoms with E-state index in [0.717, 1.165) is 4.90 Å². The zero-order valence-corrected chi connectivity index (χ0v) is 10.1. The van der Waals surface area contributed by atoms with Crippen molar-refractivity contribution in [3.05, 3.63) is 28.2 Å². The molecule has 0 aliphatic heterocycles. The Morgan fingerprint density at radius 3 is 2.67 bits per heavy atom. The van der Waals surface area contributed by atoms with Gasteiger partial charge in [-0.2, -0.15) is 0 Å². The average Bonchev–Trinajstić information content (AvgIpc) is 2.11. The van der Waals surface area contributed by atoms with Crippen LogP contribution < -0.4 is 10.2 Å². The SMILES string of the molecule is C[NH+](C)CC(=O)Nc1cccc(Cl)c1Cl. The lowest BCUT2D eigenvalue weighted by Crippen LogP contribution is -3.06. The fourth-order valence-electron chi connectivity index (χ4n) is 1.12. The maximum Gasteiger partial charge on any atom is 0.279 e. The Hall–Kier alpha value is -0.770. The van der Waals surface area contributed by atoms with Crippen molar-refractivity contribution in [1.82, 2.24) is 0 Å². The van der Waals surface area contributed by atoms with Gasteiger partial charge < -0.3 is 10.2 Å². The van der Waals surface area contributed by atoms with Gasteiger partial charge in [-0.15, -0.1) is 0 Å². The number of benzene rings is 1. The van der Waals surface area contributed by atoms with Crippen LogP contribution in [0.1, 0.15) is 0 Å². The minimum Gasteiger partial charge on any atom is -0.332 e. The Morgan fingerprint density at radius 1 is 1.40 bits per heavy atom. The third kappa shape index (κ3) is 3.70. The van der Waals surface area contributed by atoms with Crippen LogP contribution in [0.4, 0.5) is 5.69 Å². The molecule has 82 valence electrons. The summed E-state index contributed by atoms with van der Waals surface area (Å²) in [5.41, 5.74) is 0.551. The number of nitrogens with one attached hydrogen (secondary N) is 2. The second-order valence-corrected chi connectivity index (χ2v) is 4.32. The van der Waals surface area contributed by atoms with E-state index >= 15 is 0 Å². The van der Waals surface area contributed by atoms with E-state index in [9.17, 15) is 4.79 Å². The van der Waals surface area contributed by atoms with Gasteiger partial charge in [-0.1, -0.05) is 29.3 Å². The van der Waals surface area contributed by atoms with Crippen LogP contribution in [-0.2, 0) is 4.79 Å². The predicted octanol–water partition coefficient (Wildman–Crippen LogP) is 1.08. The molecule has 15 heavy (non-hydrogen) atoms. The van der Waals surface area contributed by atoms with Gasteiger partial charge in [-0.25, -0.2) is 0 Å². The van der Waals surface area contributed by atoms with E-state index in [1.54, 1.807) is 18.2 Å². The summed E-state index contributed by atoms with van der Waals surface area (Å²) in [4.78, 5) is 12.5. The standard InChI is InChI=1S/C10H12Cl2N2O/c1-14(2)6-9(15)13-8-5-3-4-7(11)10(8)12/h3-5H,6H2,1-2H3,(H,13,15)/p+1. The molecule has 2 N–H and O–H groups in total. The summed E-state index contributed by atoms with van der Waals surface area (Å²) in [5.74, 6) is -0.0841. The molecular formula is C10H13Cl2N2O+. The molecule has 0 heterocycles. The molecule has 0 aliphatic rings. The summed E-state index contributed by atoms with van der Waals surface area (Å²) in [5, 5.41) is 3.52. The number of amides is 1. The summed E-state index contributed by atoms with van der Waals surface area (Å²) in [6, 6.07) is 5.14. The number of halogens is 2. The largest absolute Gasteiger partial charge is 0.332 e. The molecule has 0 fully saturated rings. The molecule has 1 aromatic carbocycles. The molecule has 0 radical (unpaired) electrons. The number of likely N-dealkylation sites (N-methyl/N-ethyl adjacent to an activating group) is 1. The fraction of sp³-hybridized carbons (Fsp3) is 0.300. The molecule has 1 rings (SSSR count). The Balaban J connectivity index is 2.73. The zero-order chi connectivity index (χ0) is 11.4. The summed E-state index contributed by atoms with van der Waals surface area (Å²) in [7, 11) is 3.80. The highest BCUT2D eigenvalue weighted by atomic mass is 35.5. The van der Waals surface area contributed by atoms with Crippen LogP contribution in [0.5, 0.6) is 0 Å². The summed E-state index contributed by atoms with van der Waals surface area (Å²) >= 11 is 11.7. The van der Waals surface area contributed by atoms with Gasteiger partial charge >= 0.3 is 0 Å². The first-order valence-electron chi connectivity index (χ1n) is 4.53. The van der Waals surface area contributed by atoms with Gasteiger partial charge in [0, 0.05) is 0 Å². The molecule has 0 aliphatic carbocycles. The molecule has 3 nitrogen and oxygen atoms in total. The van der Waals surface area contributed by atoms with Crippen molar-refractivity contribution in [3.8, 4) is 0 Å². The van der Waals surface area contributed by atoms with Gasteiger partial charge in [-0.3, -0.25) is 4.79 Å². The highest BCUT2D eigenvalue weighted by Crippen LogP contribution is 2.29. The number of anilines is 1. The lowest BCUT2D eigenvalue weighted by molar-refractivity contribution is -0.849. The summed E-state index contributed by atoms with van der Waals surface area (Å²) < 4.78 is 0. The van der Waals surface area contributed by atoms with Crippen molar-refractivity contribution >= 4 is 34.8 Å². The summed E-state index contributed by atoms with van der Waals surface area (Å²) in [6.45, 7) is 0.392. The third-order valence-corrected chi connectivity index (χ3v) is 2.56. The molecule has 1 amide bonds. The van der Waals surface area contributed by atoms with E-state index in [4.69, 9.17) is 23.2 Å². The van der Waals surface area contributed by atoms with Crippen LogP contribution in [0.2, 0.25) is 10.0 Å². The highest BCUT2D eigenvalue weighted by molar-refractivity contribution is 6.43. The number of hydrogen-bond donors (Lipinski definition) is 2. The zero-order valence-electron chi connectivity index (χ0n) is 8.60. The van der Waals surface area contributed by atoms with Crippen LogP contribution in [0.3, 0.4) is 0 Å². The molecule has 5 heteroatoms. The van der Waals surface area contributed by atoms with Crippen molar-refractivity contribution in [2.45, 2.75) is 0 Å². The number of quaternary nitrogens is 1. The Labute approximate surface area is 99.0 Å². The Kier molecular flexibility index (Phi) is 4.39. The first kappa shape index (κ1) is 12.3. The maximum absolute atomic E-state index is 11.5. The van der Waals surface area contributed by atoms with E-state index < -0.39 is 0 Å². The number of hydrogen-bond acceptors (Lipinski definition) is 1. The highest BCUT2D eigenvalue weighted by Gasteiger charge is 2.10. The lowest BCUT2D eigenvalue weighted by Gasteiger charge is -2.09. The summed E-state index contributed by atoms with van der Waals surface area (Å²) in [6.07, 6.45) is 0. The molecule has 0 aromatic heterocycles. The second kappa shape index (κ2) is 5.35. The van der Waals surface area contributed by atoms with Crippen LogP contribution in [0, 0.1) is 0 Å². The minimum atomic E-state index is -0.0841. The van der Waals surface area contributed by atoms with E-state index in [1.807, 2.05) is 14.1 Å². The van der Waals surface area contributed by atoms with Gasteiger partial charge in [-0.05, 0) is 12.1 Å². The Bertz CT molecular complexity index is 366. The van der Waals surface area contributed by atoms with Crippen LogP contribution in [0.25, 0.3) is 0 Å². The van der Waals surface area contributed by atoms with Crippen molar-refractivity contribution in [2.24, 2.45) is 0 Å². The fourth-order valence-corrected chi connectivity index (χ4v) is 1.46. The van der Waals surface area contributed by atoms with E-state index in [0.29, 0.717) is 22.3 Å². The van der Waals surface area contributed by atoms with Gasteiger partial charge in [0.25, 0.3) is 5.91 Å². The first-order chi connectivity index (χ1) is 7.00. The lowest BCUT2D eigenvalue weighted by atomic mass is 10.3. The normalized spacial score (nSPS) is 10.5. The van der Waals surface area contributed by atoms with E-state index in [2.05, 4.69) is 5.32 Å². The number of carbonyl (C=O) groups is 1. The molecule has 0 saturated heterocycles. The number of rotatable bonds is 3. The number of carbonyl (C=O) groups excluding carboxylic acids is 1. The average molecular weight is 248 g/mol. The third-order valence-electron chi connectivity index (χ3n) is 1.74. The van der Waals surface area contributed by atoms with Gasteiger partial charge in [0.05, 0.1) is 29.8 Å². The van der Waals surface area contributed by atoms with Crippen molar-refractivity contribution in [3.63, 3.8) is 0 Å². The van der Waals surface area contributed by atoms with Gasteiger partial charge in [0.1, 0.15) is 0 Å². The quantitative estimate of drug-likeness (QED) is 0.824. The second-order valence-electron chi connectivity index (χ2n) is 3.53. The van der Waals surface area contributed by atoms with Crippen molar-refractivity contribution in [1.29, 1.82) is 0 Å². The topological polar surface area (TPSA) is 33.5 Å². The van der Waals surface area contributed by atoms with E-state index in [1.165, 1.54) is 0 Å². The minimum absolute atomic E-state index is 0.0841. The van der Waals surface area contributed by atoms with E-state index in [-0.39, 0.29) is 5.91 Å². The van der Waals surface area contributed by atoms with Gasteiger partial charge in [0.2, 0.25) is 0 Å². The molecule has 1 aromatic rings. The van der Waals surface area contributed by atoms with Crippen LogP contribution in [-0.4, -0.2) is 26.5 Å². The van der Waals surface area contributed by atoms with Crippen molar-refractivity contribution in [2.75, 3.05) is 26.0 Å². The van der Waals surface area contributed by atoms with Crippen LogP contribution in [0.15, 0.2) is 18.2 Å². The molecule has 0 bridgehead atoms. The smallest absolute Gasteiger partial charge is 0.279 e. The van der Waals surface area contributed by atoms with Gasteiger partial charge in [0.15, 0.2) is 6.54 Å². The molecule has 0 unspecified atom stereocenters. The van der Waals surface area contributed by atoms with Crippen molar-refractivity contribution < 1.29 is 9.69 Å². The van der Waals surface area contributed by atoms with Crippen LogP contribution >= 0.6 is 23.2 Å².